The monoisotopic (exact) mass is 355 g/mol. The van der Waals surface area contributed by atoms with Gasteiger partial charge in [-0.15, -0.1) is 0 Å². The molecule has 6 heteroatoms. The summed E-state index contributed by atoms with van der Waals surface area (Å²) in [5.41, 5.74) is 2.12. The average Bonchev–Trinajstić information content (AvgIpc) is 2.72. The van der Waals surface area contributed by atoms with Gasteiger partial charge in [-0.05, 0) is 30.0 Å². The normalized spacial score (nSPS) is 15.9. The maximum atomic E-state index is 12.3. The molecule has 2 amide bonds. The van der Waals surface area contributed by atoms with E-state index in [0.29, 0.717) is 19.0 Å². The average molecular weight is 355 g/mol. The second-order valence-corrected chi connectivity index (χ2v) is 6.50. The van der Waals surface area contributed by atoms with Crippen LogP contribution in [0.3, 0.4) is 0 Å². The Morgan fingerprint density at radius 3 is 2.69 bits per heavy atom. The summed E-state index contributed by atoms with van der Waals surface area (Å²) in [6.45, 7) is 2.45. The van der Waals surface area contributed by atoms with Crippen LogP contribution in [-0.4, -0.2) is 37.9 Å². The van der Waals surface area contributed by atoms with Crippen molar-refractivity contribution in [2.45, 2.75) is 24.8 Å². The van der Waals surface area contributed by atoms with E-state index in [1.165, 1.54) is 5.56 Å². The van der Waals surface area contributed by atoms with Crippen LogP contribution in [0.4, 0.5) is 4.79 Å². The number of nitrogens with zero attached hydrogens (tertiary/aromatic N) is 1. The number of carbonyl (C=O) groups is 1. The fourth-order valence-electron chi connectivity index (χ4n) is 3.29. The molecule has 1 aromatic carbocycles. The van der Waals surface area contributed by atoms with Crippen molar-refractivity contribution < 1.29 is 14.3 Å². The zero-order valence-corrected chi connectivity index (χ0v) is 15.0. The van der Waals surface area contributed by atoms with Gasteiger partial charge in [-0.2, -0.15) is 0 Å². The molecule has 1 fully saturated rings. The van der Waals surface area contributed by atoms with Crippen LogP contribution in [0.5, 0.6) is 5.88 Å². The molecule has 1 saturated heterocycles. The molecule has 0 radical (unpaired) electrons. The highest BCUT2D eigenvalue weighted by atomic mass is 16.5. The molecule has 0 atom stereocenters. The summed E-state index contributed by atoms with van der Waals surface area (Å²) in [7, 11) is 1.57. The first-order chi connectivity index (χ1) is 12.7. The van der Waals surface area contributed by atoms with Gasteiger partial charge in [0.25, 0.3) is 0 Å². The van der Waals surface area contributed by atoms with Crippen LogP contribution < -0.4 is 15.4 Å². The van der Waals surface area contributed by atoms with E-state index in [-0.39, 0.29) is 11.4 Å². The summed E-state index contributed by atoms with van der Waals surface area (Å²) in [6, 6.07) is 13.9. The van der Waals surface area contributed by atoms with Crippen molar-refractivity contribution in [2.24, 2.45) is 0 Å². The maximum Gasteiger partial charge on any atom is 0.315 e. The minimum Gasteiger partial charge on any atom is -0.481 e. The molecule has 0 bridgehead atoms. The topological polar surface area (TPSA) is 72.5 Å². The number of nitrogens with one attached hydrogen (secondary N) is 2. The molecule has 0 spiro atoms. The highest BCUT2D eigenvalue weighted by Gasteiger charge is 2.34. The summed E-state index contributed by atoms with van der Waals surface area (Å²) < 4.78 is 10.6. The lowest BCUT2D eigenvalue weighted by Gasteiger charge is -2.38. The predicted octanol–water partition coefficient (Wildman–Crippen LogP) is 2.64. The summed E-state index contributed by atoms with van der Waals surface area (Å²) in [6.07, 6.45) is 3.47. The highest BCUT2D eigenvalue weighted by Crippen LogP contribution is 2.34. The van der Waals surface area contributed by atoms with Crippen molar-refractivity contribution in [1.82, 2.24) is 15.6 Å². The number of hydrogen-bond donors (Lipinski definition) is 2. The van der Waals surface area contributed by atoms with E-state index in [2.05, 4.69) is 27.8 Å². The fraction of sp³-hybridized carbons (Fsp3) is 0.400. The summed E-state index contributed by atoms with van der Waals surface area (Å²) >= 11 is 0. The van der Waals surface area contributed by atoms with Crippen LogP contribution in [0.1, 0.15) is 24.0 Å². The van der Waals surface area contributed by atoms with Crippen LogP contribution in [-0.2, 0) is 16.7 Å². The number of methoxy groups -OCH3 is 1. The van der Waals surface area contributed by atoms with Crippen LogP contribution in [0.2, 0.25) is 0 Å². The predicted molar refractivity (Wildman–Crippen MR) is 99.2 cm³/mol. The molecule has 138 valence electrons. The van der Waals surface area contributed by atoms with Gasteiger partial charge in [0.2, 0.25) is 5.88 Å². The van der Waals surface area contributed by atoms with Crippen molar-refractivity contribution in [2.75, 3.05) is 26.9 Å². The van der Waals surface area contributed by atoms with E-state index in [1.54, 1.807) is 13.3 Å². The van der Waals surface area contributed by atoms with Crippen molar-refractivity contribution in [1.29, 1.82) is 0 Å². The van der Waals surface area contributed by atoms with Crippen LogP contribution in [0, 0.1) is 0 Å². The Labute approximate surface area is 153 Å². The number of hydrogen-bond acceptors (Lipinski definition) is 4. The van der Waals surface area contributed by atoms with Gasteiger partial charge in [0.05, 0.1) is 7.11 Å². The Morgan fingerprint density at radius 1 is 1.19 bits per heavy atom. The van der Waals surface area contributed by atoms with Crippen molar-refractivity contribution in [3.8, 4) is 5.88 Å². The molecule has 0 aliphatic carbocycles. The third kappa shape index (κ3) is 4.52. The Morgan fingerprint density at radius 2 is 1.96 bits per heavy atom. The quantitative estimate of drug-likeness (QED) is 0.836. The van der Waals surface area contributed by atoms with E-state index in [1.807, 2.05) is 30.3 Å². The van der Waals surface area contributed by atoms with Gasteiger partial charge < -0.3 is 20.1 Å². The number of amides is 2. The Balaban J connectivity index is 1.57. The minimum absolute atomic E-state index is 0.0727. The Bertz CT molecular complexity index is 715. The highest BCUT2D eigenvalue weighted by molar-refractivity contribution is 5.74. The zero-order chi connectivity index (χ0) is 18.2. The molecule has 6 nitrogen and oxygen atoms in total. The van der Waals surface area contributed by atoms with E-state index in [0.717, 1.165) is 31.6 Å². The second-order valence-electron chi connectivity index (χ2n) is 6.50. The fourth-order valence-corrected chi connectivity index (χ4v) is 3.29. The Kier molecular flexibility index (Phi) is 6.07. The van der Waals surface area contributed by atoms with Gasteiger partial charge in [0, 0.05) is 44.0 Å². The lowest BCUT2D eigenvalue weighted by atomic mass is 9.74. The first-order valence-electron chi connectivity index (χ1n) is 8.86. The zero-order valence-electron chi connectivity index (χ0n) is 15.0. The van der Waals surface area contributed by atoms with Gasteiger partial charge in [0.15, 0.2) is 0 Å². The largest absolute Gasteiger partial charge is 0.481 e. The maximum absolute atomic E-state index is 12.3. The summed E-state index contributed by atoms with van der Waals surface area (Å²) in [4.78, 5) is 16.3. The molecule has 3 rings (SSSR count). The SMILES string of the molecule is COc1cc(CNC(=O)NCC2(c3ccccc3)CCOCC2)ccn1. The number of benzene rings is 1. The number of ether oxygens (including phenoxy) is 2. The standard InChI is InChI=1S/C20H25N3O3/c1-25-18-13-16(7-10-21-18)14-22-19(24)23-15-20(8-11-26-12-9-20)17-5-3-2-4-6-17/h2-7,10,13H,8-9,11-12,14-15H2,1H3,(H2,22,23,24). The molecule has 0 saturated carbocycles. The van der Waals surface area contributed by atoms with Gasteiger partial charge in [-0.1, -0.05) is 30.3 Å². The Hall–Kier alpha value is -2.60. The number of pyridine rings is 1. The molecule has 26 heavy (non-hydrogen) atoms. The molecule has 1 aliphatic heterocycles. The van der Waals surface area contributed by atoms with Crippen molar-refractivity contribution >= 4 is 6.03 Å². The minimum atomic E-state index is -0.178. The summed E-state index contributed by atoms with van der Waals surface area (Å²) in [5, 5.41) is 5.93. The van der Waals surface area contributed by atoms with E-state index < -0.39 is 0 Å². The number of rotatable bonds is 6. The number of aromatic nitrogens is 1. The third-order valence-electron chi connectivity index (χ3n) is 4.88. The second kappa shape index (κ2) is 8.67. The molecule has 1 aliphatic rings. The first-order valence-corrected chi connectivity index (χ1v) is 8.86. The van der Waals surface area contributed by atoms with E-state index in [4.69, 9.17) is 9.47 Å². The van der Waals surface area contributed by atoms with Gasteiger partial charge in [-0.25, -0.2) is 9.78 Å². The third-order valence-corrected chi connectivity index (χ3v) is 4.88. The van der Waals surface area contributed by atoms with Crippen molar-refractivity contribution in [3.05, 3.63) is 59.8 Å². The van der Waals surface area contributed by atoms with Crippen LogP contribution >= 0.6 is 0 Å². The first kappa shape index (κ1) is 18.2. The number of urea groups is 1. The molecule has 2 heterocycles. The van der Waals surface area contributed by atoms with E-state index >= 15 is 0 Å². The van der Waals surface area contributed by atoms with Gasteiger partial charge >= 0.3 is 6.03 Å². The van der Waals surface area contributed by atoms with Crippen LogP contribution in [0.25, 0.3) is 0 Å². The lowest BCUT2D eigenvalue weighted by molar-refractivity contribution is 0.0507. The molecule has 2 N–H and O–H groups in total. The molecular weight excluding hydrogens is 330 g/mol. The van der Waals surface area contributed by atoms with Gasteiger partial charge in [0.1, 0.15) is 0 Å². The van der Waals surface area contributed by atoms with Gasteiger partial charge in [-0.3, -0.25) is 0 Å². The van der Waals surface area contributed by atoms with Crippen molar-refractivity contribution in [3.63, 3.8) is 0 Å². The molecular formula is C20H25N3O3. The van der Waals surface area contributed by atoms with E-state index in [9.17, 15) is 4.79 Å². The summed E-state index contributed by atoms with van der Waals surface area (Å²) in [5.74, 6) is 0.537. The van der Waals surface area contributed by atoms with Crippen LogP contribution in [0.15, 0.2) is 48.7 Å². The molecule has 2 aromatic rings. The smallest absolute Gasteiger partial charge is 0.315 e. The molecule has 1 aromatic heterocycles. The lowest BCUT2D eigenvalue weighted by Crippen LogP contribution is -2.47. The molecule has 0 unspecified atom stereocenters. The number of carbonyl (C=O) groups excluding carboxylic acids is 1.